The molecule has 4 nitrogen and oxygen atoms in total. The van der Waals surface area contributed by atoms with Crippen molar-refractivity contribution < 1.29 is 14.6 Å². The highest BCUT2D eigenvalue weighted by Crippen LogP contribution is 2.38. The fourth-order valence-electron chi connectivity index (χ4n) is 1.59. The van der Waals surface area contributed by atoms with Crippen molar-refractivity contribution in [1.29, 1.82) is 0 Å². The SMILES string of the molecule is CC(N)C(O)c1cc2c(cc1Cl)OCCO2. The summed E-state index contributed by atoms with van der Waals surface area (Å²) < 4.78 is 10.8. The Balaban J connectivity index is 2.39. The predicted octanol–water partition coefficient (Wildman–Crippen LogP) is 1.49. The van der Waals surface area contributed by atoms with E-state index in [2.05, 4.69) is 0 Å². The van der Waals surface area contributed by atoms with E-state index in [1.165, 1.54) is 0 Å². The average molecular weight is 244 g/mol. The Kier molecular flexibility index (Phi) is 3.23. The molecular formula is C11H14ClNO3. The molecule has 0 spiro atoms. The molecular weight excluding hydrogens is 230 g/mol. The molecule has 2 rings (SSSR count). The normalized spacial score (nSPS) is 18.0. The van der Waals surface area contributed by atoms with Crippen molar-refractivity contribution in [1.82, 2.24) is 0 Å². The minimum atomic E-state index is -0.802. The van der Waals surface area contributed by atoms with Crippen LogP contribution < -0.4 is 15.2 Å². The molecule has 2 unspecified atom stereocenters. The number of fused-ring (bicyclic) bond motifs is 1. The first-order valence-electron chi connectivity index (χ1n) is 5.12. The first-order valence-corrected chi connectivity index (χ1v) is 5.50. The minimum absolute atomic E-state index is 0.389. The first kappa shape index (κ1) is 11.5. The van der Waals surface area contributed by atoms with Crippen LogP contribution in [0.15, 0.2) is 12.1 Å². The van der Waals surface area contributed by atoms with Crippen LogP contribution in [0.2, 0.25) is 5.02 Å². The third-order valence-corrected chi connectivity index (χ3v) is 2.81. The number of rotatable bonds is 2. The summed E-state index contributed by atoms with van der Waals surface area (Å²) in [6.45, 7) is 2.73. The predicted molar refractivity (Wildman–Crippen MR) is 61.1 cm³/mol. The van der Waals surface area contributed by atoms with Gasteiger partial charge in [-0.05, 0) is 13.0 Å². The molecule has 1 aromatic carbocycles. The van der Waals surface area contributed by atoms with Crippen LogP contribution in [0.3, 0.4) is 0 Å². The Hall–Kier alpha value is -0.970. The summed E-state index contributed by atoms with van der Waals surface area (Å²) in [5.41, 5.74) is 6.20. The third kappa shape index (κ3) is 2.09. The molecule has 1 aliphatic heterocycles. The Labute approximate surface area is 98.9 Å². The number of nitrogens with two attached hydrogens (primary N) is 1. The summed E-state index contributed by atoms with van der Waals surface area (Å²) in [6.07, 6.45) is -0.802. The van der Waals surface area contributed by atoms with Gasteiger partial charge in [0.1, 0.15) is 13.2 Å². The van der Waals surface area contributed by atoms with E-state index in [-0.39, 0.29) is 6.04 Å². The van der Waals surface area contributed by atoms with Crippen LogP contribution in [-0.4, -0.2) is 24.4 Å². The van der Waals surface area contributed by atoms with Gasteiger partial charge < -0.3 is 20.3 Å². The molecule has 0 radical (unpaired) electrons. The molecule has 0 saturated heterocycles. The smallest absolute Gasteiger partial charge is 0.162 e. The summed E-state index contributed by atoms with van der Waals surface area (Å²) in [7, 11) is 0. The number of ether oxygens (including phenoxy) is 2. The first-order chi connectivity index (χ1) is 7.59. The van der Waals surface area contributed by atoms with Crippen molar-refractivity contribution >= 4 is 11.6 Å². The van der Waals surface area contributed by atoms with Gasteiger partial charge in [-0.25, -0.2) is 0 Å². The highest BCUT2D eigenvalue weighted by Gasteiger charge is 2.21. The van der Waals surface area contributed by atoms with E-state index in [1.54, 1.807) is 19.1 Å². The van der Waals surface area contributed by atoms with E-state index in [1.807, 2.05) is 0 Å². The zero-order valence-electron chi connectivity index (χ0n) is 8.94. The van der Waals surface area contributed by atoms with Crippen LogP contribution in [0.25, 0.3) is 0 Å². The molecule has 1 heterocycles. The summed E-state index contributed by atoms with van der Waals surface area (Å²) in [5, 5.41) is 10.3. The van der Waals surface area contributed by atoms with Crippen LogP contribution in [0.5, 0.6) is 11.5 Å². The van der Waals surface area contributed by atoms with Gasteiger partial charge >= 0.3 is 0 Å². The van der Waals surface area contributed by atoms with Crippen molar-refractivity contribution in [2.45, 2.75) is 19.1 Å². The molecule has 16 heavy (non-hydrogen) atoms. The zero-order valence-corrected chi connectivity index (χ0v) is 9.70. The van der Waals surface area contributed by atoms with Gasteiger partial charge in [-0.15, -0.1) is 0 Å². The number of hydrogen-bond donors (Lipinski definition) is 2. The number of hydrogen-bond acceptors (Lipinski definition) is 4. The molecule has 5 heteroatoms. The number of benzene rings is 1. The van der Waals surface area contributed by atoms with E-state index >= 15 is 0 Å². The number of aliphatic hydroxyl groups is 1. The maximum absolute atomic E-state index is 9.87. The third-order valence-electron chi connectivity index (χ3n) is 2.48. The van der Waals surface area contributed by atoms with Crippen LogP contribution >= 0.6 is 11.6 Å². The van der Waals surface area contributed by atoms with Gasteiger partial charge in [-0.3, -0.25) is 0 Å². The molecule has 0 aromatic heterocycles. The fraction of sp³-hybridized carbons (Fsp3) is 0.455. The molecule has 3 N–H and O–H groups in total. The highest BCUT2D eigenvalue weighted by molar-refractivity contribution is 6.31. The summed E-state index contributed by atoms with van der Waals surface area (Å²) in [5.74, 6) is 1.21. The van der Waals surface area contributed by atoms with Gasteiger partial charge in [0.2, 0.25) is 0 Å². The summed E-state index contributed by atoms with van der Waals surface area (Å²) >= 11 is 6.05. The van der Waals surface area contributed by atoms with Crippen LogP contribution in [0, 0.1) is 0 Å². The van der Waals surface area contributed by atoms with Crippen molar-refractivity contribution in [3.63, 3.8) is 0 Å². The van der Waals surface area contributed by atoms with Gasteiger partial charge in [0.15, 0.2) is 11.5 Å². The fourth-order valence-corrected chi connectivity index (χ4v) is 1.86. The quantitative estimate of drug-likeness (QED) is 0.826. The maximum Gasteiger partial charge on any atom is 0.162 e. The number of halogens is 1. The standard InChI is InChI=1S/C11H14ClNO3/c1-6(13)11(14)7-4-9-10(5-8(7)12)16-3-2-15-9/h4-6,11,14H,2-3,13H2,1H3. The molecule has 88 valence electrons. The zero-order chi connectivity index (χ0) is 11.7. The van der Waals surface area contributed by atoms with Crippen LogP contribution in [0.1, 0.15) is 18.6 Å². The van der Waals surface area contributed by atoms with Gasteiger partial charge in [0, 0.05) is 17.7 Å². The van der Waals surface area contributed by atoms with Crippen molar-refractivity contribution in [2.75, 3.05) is 13.2 Å². The Morgan fingerprint density at radius 1 is 1.31 bits per heavy atom. The van der Waals surface area contributed by atoms with Gasteiger partial charge in [0.05, 0.1) is 11.1 Å². The molecule has 0 fully saturated rings. The molecule has 0 bridgehead atoms. The van der Waals surface area contributed by atoms with Gasteiger partial charge in [-0.1, -0.05) is 11.6 Å². The second kappa shape index (κ2) is 4.49. The summed E-state index contributed by atoms with van der Waals surface area (Å²) in [4.78, 5) is 0. The van der Waals surface area contributed by atoms with E-state index in [9.17, 15) is 5.11 Å². The van der Waals surface area contributed by atoms with Crippen molar-refractivity contribution in [2.24, 2.45) is 5.73 Å². The molecule has 2 atom stereocenters. The number of aliphatic hydroxyl groups excluding tert-OH is 1. The lowest BCUT2D eigenvalue weighted by Gasteiger charge is -2.22. The lowest BCUT2D eigenvalue weighted by atomic mass is 10.0. The molecule has 0 saturated carbocycles. The topological polar surface area (TPSA) is 64.7 Å². The van der Waals surface area contributed by atoms with Crippen molar-refractivity contribution in [3.8, 4) is 11.5 Å². The monoisotopic (exact) mass is 243 g/mol. The van der Waals surface area contributed by atoms with E-state index in [4.69, 9.17) is 26.8 Å². The van der Waals surface area contributed by atoms with Gasteiger partial charge in [-0.2, -0.15) is 0 Å². The summed E-state index contributed by atoms with van der Waals surface area (Å²) in [6, 6.07) is 2.95. The Morgan fingerprint density at radius 3 is 2.44 bits per heavy atom. The second-order valence-electron chi connectivity index (χ2n) is 3.82. The molecule has 1 aromatic rings. The van der Waals surface area contributed by atoms with Crippen LogP contribution in [-0.2, 0) is 0 Å². The lowest BCUT2D eigenvalue weighted by Crippen LogP contribution is -2.25. The largest absolute Gasteiger partial charge is 0.486 e. The minimum Gasteiger partial charge on any atom is -0.486 e. The molecule has 0 amide bonds. The second-order valence-corrected chi connectivity index (χ2v) is 4.23. The maximum atomic E-state index is 9.87. The molecule has 1 aliphatic rings. The van der Waals surface area contributed by atoms with Gasteiger partial charge in [0.25, 0.3) is 0 Å². The van der Waals surface area contributed by atoms with E-state index < -0.39 is 6.10 Å². The van der Waals surface area contributed by atoms with Crippen LogP contribution in [0.4, 0.5) is 0 Å². The highest BCUT2D eigenvalue weighted by atomic mass is 35.5. The average Bonchev–Trinajstić information content (AvgIpc) is 2.27. The molecule has 0 aliphatic carbocycles. The Morgan fingerprint density at radius 2 is 1.88 bits per heavy atom. The lowest BCUT2D eigenvalue weighted by molar-refractivity contribution is 0.149. The van der Waals surface area contributed by atoms with E-state index in [0.29, 0.717) is 35.3 Å². The van der Waals surface area contributed by atoms with Crippen molar-refractivity contribution in [3.05, 3.63) is 22.7 Å². The Bertz CT molecular complexity index is 395. The van der Waals surface area contributed by atoms with E-state index in [0.717, 1.165) is 0 Å².